The maximum Gasteiger partial charge on any atom is 0.225 e. The van der Waals surface area contributed by atoms with Crippen LogP contribution in [0.2, 0.25) is 0 Å². The van der Waals surface area contributed by atoms with E-state index in [-0.39, 0.29) is 18.0 Å². The second kappa shape index (κ2) is 8.58. The summed E-state index contributed by atoms with van der Waals surface area (Å²) in [6, 6.07) is 3.08. The monoisotopic (exact) mass is 270 g/mol. The van der Waals surface area contributed by atoms with Gasteiger partial charge < -0.3 is 10.6 Å². The zero-order valence-electron chi connectivity index (χ0n) is 11.1. The number of amides is 1. The van der Waals surface area contributed by atoms with Crippen LogP contribution in [-0.4, -0.2) is 19.0 Å². The molecule has 1 rings (SSSR count). The smallest absolute Gasteiger partial charge is 0.225 e. The lowest BCUT2D eigenvalue weighted by Gasteiger charge is -2.07. The van der Waals surface area contributed by atoms with Gasteiger partial charge in [-0.05, 0) is 25.1 Å². The molecule has 0 aliphatic rings. The molecular weight excluding hydrogens is 250 g/mol. The summed E-state index contributed by atoms with van der Waals surface area (Å²) in [5.41, 5.74) is 0.0115. The third-order valence-corrected chi connectivity index (χ3v) is 2.69. The highest BCUT2D eigenvalue weighted by Gasteiger charge is 2.07. The van der Waals surface area contributed by atoms with Gasteiger partial charge >= 0.3 is 0 Å². The van der Waals surface area contributed by atoms with E-state index < -0.39 is 11.6 Å². The van der Waals surface area contributed by atoms with E-state index in [4.69, 9.17) is 0 Å². The van der Waals surface area contributed by atoms with E-state index in [9.17, 15) is 13.6 Å². The first-order chi connectivity index (χ1) is 9.13. The van der Waals surface area contributed by atoms with Gasteiger partial charge in [0.15, 0.2) is 0 Å². The van der Waals surface area contributed by atoms with Gasteiger partial charge in [-0.1, -0.05) is 19.8 Å². The van der Waals surface area contributed by atoms with Crippen LogP contribution in [0.3, 0.4) is 0 Å². The molecule has 0 fully saturated rings. The number of carbonyl (C=O) groups excluding carboxylic acids is 1. The van der Waals surface area contributed by atoms with Gasteiger partial charge in [0.2, 0.25) is 5.91 Å². The molecule has 19 heavy (non-hydrogen) atoms. The number of benzene rings is 1. The zero-order valence-corrected chi connectivity index (χ0v) is 11.1. The zero-order chi connectivity index (χ0) is 14.1. The lowest BCUT2D eigenvalue weighted by atomic mass is 10.2. The lowest BCUT2D eigenvalue weighted by molar-refractivity contribution is -0.116. The number of halogens is 2. The van der Waals surface area contributed by atoms with Gasteiger partial charge in [0, 0.05) is 19.0 Å². The standard InChI is InChI=1S/C14H20F2N2O/c1-2-3-4-8-17-9-7-14(19)18-13-6-5-11(15)10-12(13)16/h5-6,10,17H,2-4,7-9H2,1H3,(H,18,19). The minimum Gasteiger partial charge on any atom is -0.324 e. The Hall–Kier alpha value is -1.49. The normalized spacial score (nSPS) is 10.5. The van der Waals surface area contributed by atoms with E-state index in [0.29, 0.717) is 6.54 Å². The maximum absolute atomic E-state index is 13.3. The Labute approximate surface area is 112 Å². The molecule has 1 aromatic rings. The number of anilines is 1. The van der Waals surface area contributed by atoms with Gasteiger partial charge in [0.25, 0.3) is 0 Å². The Morgan fingerprint density at radius 1 is 1.21 bits per heavy atom. The van der Waals surface area contributed by atoms with E-state index in [1.165, 1.54) is 12.5 Å². The van der Waals surface area contributed by atoms with Crippen molar-refractivity contribution in [3.63, 3.8) is 0 Å². The minimum absolute atomic E-state index is 0.0115. The molecule has 1 amide bonds. The molecule has 0 spiro atoms. The average molecular weight is 270 g/mol. The van der Waals surface area contributed by atoms with Crippen molar-refractivity contribution in [3.05, 3.63) is 29.8 Å². The highest BCUT2D eigenvalue weighted by atomic mass is 19.1. The number of hydrogen-bond acceptors (Lipinski definition) is 2. The first-order valence-corrected chi connectivity index (χ1v) is 6.59. The molecule has 0 atom stereocenters. The summed E-state index contributed by atoms with van der Waals surface area (Å²) in [5.74, 6) is -1.70. The Bertz CT molecular complexity index is 410. The summed E-state index contributed by atoms with van der Waals surface area (Å²) in [4.78, 5) is 11.5. The molecule has 0 unspecified atom stereocenters. The summed E-state index contributed by atoms with van der Waals surface area (Å²) in [5, 5.41) is 5.56. The summed E-state index contributed by atoms with van der Waals surface area (Å²) < 4.78 is 25.9. The van der Waals surface area contributed by atoms with Gasteiger partial charge in [-0.15, -0.1) is 0 Å². The molecule has 0 saturated carbocycles. The van der Waals surface area contributed by atoms with Crippen molar-refractivity contribution >= 4 is 11.6 Å². The maximum atomic E-state index is 13.3. The molecular formula is C14H20F2N2O. The molecule has 0 aliphatic carbocycles. The Morgan fingerprint density at radius 3 is 2.68 bits per heavy atom. The number of rotatable bonds is 8. The van der Waals surface area contributed by atoms with Crippen LogP contribution in [0.25, 0.3) is 0 Å². The Morgan fingerprint density at radius 2 is 2.00 bits per heavy atom. The van der Waals surface area contributed by atoms with Crippen molar-refractivity contribution in [3.8, 4) is 0 Å². The third kappa shape index (κ3) is 6.29. The predicted octanol–water partition coefficient (Wildman–Crippen LogP) is 3.07. The fourth-order valence-corrected chi connectivity index (χ4v) is 1.63. The molecule has 0 bridgehead atoms. The quantitative estimate of drug-likeness (QED) is 0.713. The Kier molecular flexibility index (Phi) is 7.03. The highest BCUT2D eigenvalue weighted by molar-refractivity contribution is 5.90. The van der Waals surface area contributed by atoms with Crippen LogP contribution in [0, 0.1) is 11.6 Å². The first kappa shape index (κ1) is 15.6. The lowest BCUT2D eigenvalue weighted by Crippen LogP contribution is -2.22. The molecule has 3 nitrogen and oxygen atoms in total. The molecule has 106 valence electrons. The van der Waals surface area contributed by atoms with Crippen LogP contribution in [0.4, 0.5) is 14.5 Å². The molecule has 0 saturated heterocycles. The van der Waals surface area contributed by atoms with Gasteiger partial charge in [-0.3, -0.25) is 4.79 Å². The Balaban J connectivity index is 2.23. The van der Waals surface area contributed by atoms with E-state index in [0.717, 1.165) is 31.5 Å². The van der Waals surface area contributed by atoms with Crippen molar-refractivity contribution in [2.45, 2.75) is 32.6 Å². The number of hydrogen-bond donors (Lipinski definition) is 2. The van der Waals surface area contributed by atoms with Crippen LogP contribution >= 0.6 is 0 Å². The molecule has 0 aromatic heterocycles. The van der Waals surface area contributed by atoms with Gasteiger partial charge in [0.05, 0.1) is 5.69 Å². The molecule has 2 N–H and O–H groups in total. The van der Waals surface area contributed by atoms with E-state index in [2.05, 4.69) is 17.6 Å². The first-order valence-electron chi connectivity index (χ1n) is 6.59. The minimum atomic E-state index is -0.760. The van der Waals surface area contributed by atoms with Crippen molar-refractivity contribution in [2.75, 3.05) is 18.4 Å². The number of carbonyl (C=O) groups is 1. The van der Waals surface area contributed by atoms with Crippen molar-refractivity contribution < 1.29 is 13.6 Å². The molecule has 0 aliphatic heterocycles. The van der Waals surface area contributed by atoms with Crippen LogP contribution < -0.4 is 10.6 Å². The van der Waals surface area contributed by atoms with E-state index >= 15 is 0 Å². The summed E-state index contributed by atoms with van der Waals surface area (Å²) in [7, 11) is 0. The summed E-state index contributed by atoms with van der Waals surface area (Å²) >= 11 is 0. The average Bonchev–Trinajstić information content (AvgIpc) is 2.37. The number of unbranched alkanes of at least 4 members (excludes halogenated alkanes) is 2. The van der Waals surface area contributed by atoms with Crippen molar-refractivity contribution in [1.82, 2.24) is 5.32 Å². The highest BCUT2D eigenvalue weighted by Crippen LogP contribution is 2.14. The van der Waals surface area contributed by atoms with Crippen LogP contribution in [0.15, 0.2) is 18.2 Å². The van der Waals surface area contributed by atoms with Gasteiger partial charge in [-0.25, -0.2) is 8.78 Å². The SMILES string of the molecule is CCCCCNCCC(=O)Nc1ccc(F)cc1F. The third-order valence-electron chi connectivity index (χ3n) is 2.69. The molecule has 5 heteroatoms. The van der Waals surface area contributed by atoms with Crippen LogP contribution in [0.5, 0.6) is 0 Å². The number of nitrogens with one attached hydrogen (secondary N) is 2. The summed E-state index contributed by atoms with van der Waals surface area (Å²) in [6.07, 6.45) is 3.68. The molecule has 1 aromatic carbocycles. The topological polar surface area (TPSA) is 41.1 Å². The molecule has 0 heterocycles. The van der Waals surface area contributed by atoms with Crippen LogP contribution in [-0.2, 0) is 4.79 Å². The largest absolute Gasteiger partial charge is 0.324 e. The fraction of sp³-hybridized carbons (Fsp3) is 0.500. The fourth-order valence-electron chi connectivity index (χ4n) is 1.63. The molecule has 0 radical (unpaired) electrons. The second-order valence-corrected chi connectivity index (χ2v) is 4.38. The van der Waals surface area contributed by atoms with E-state index in [1.54, 1.807) is 0 Å². The van der Waals surface area contributed by atoms with Crippen molar-refractivity contribution in [2.24, 2.45) is 0 Å². The second-order valence-electron chi connectivity index (χ2n) is 4.38. The van der Waals surface area contributed by atoms with Crippen molar-refractivity contribution in [1.29, 1.82) is 0 Å². The van der Waals surface area contributed by atoms with Gasteiger partial charge in [0.1, 0.15) is 11.6 Å². The van der Waals surface area contributed by atoms with E-state index in [1.807, 2.05) is 0 Å². The van der Waals surface area contributed by atoms with Crippen LogP contribution in [0.1, 0.15) is 32.6 Å². The predicted molar refractivity (Wildman–Crippen MR) is 72.0 cm³/mol. The summed E-state index contributed by atoms with van der Waals surface area (Å²) in [6.45, 7) is 3.56. The van der Waals surface area contributed by atoms with Gasteiger partial charge in [-0.2, -0.15) is 0 Å².